The van der Waals surface area contributed by atoms with E-state index in [-0.39, 0.29) is 0 Å². The second-order valence-electron chi connectivity index (χ2n) is 3.42. The second-order valence-corrected chi connectivity index (χ2v) is 3.42. The molecule has 1 N–H and O–H groups in total. The first-order valence-corrected chi connectivity index (χ1v) is 4.83. The first kappa shape index (κ1) is 8.42. The van der Waals surface area contributed by atoms with Crippen molar-refractivity contribution in [3.8, 4) is 5.75 Å². The number of hydrogen-bond donors (Lipinski definition) is 1. The van der Waals surface area contributed by atoms with Crippen LogP contribution in [0.5, 0.6) is 5.75 Å². The molecule has 0 spiro atoms. The largest absolute Gasteiger partial charge is 0.488 e. The van der Waals surface area contributed by atoms with Crippen LogP contribution in [0.15, 0.2) is 24.3 Å². The van der Waals surface area contributed by atoms with Gasteiger partial charge in [-0.05, 0) is 31.4 Å². The molecule has 2 heteroatoms. The number of hydrogen-bond acceptors (Lipinski definition) is 2. The monoisotopic (exact) mass is 177 g/mol. The van der Waals surface area contributed by atoms with E-state index in [2.05, 4.69) is 5.32 Å². The van der Waals surface area contributed by atoms with E-state index < -0.39 is 0 Å². The fourth-order valence-electron chi connectivity index (χ4n) is 1.44. The maximum absolute atomic E-state index is 5.81. The highest BCUT2D eigenvalue weighted by Crippen LogP contribution is 2.29. The minimum atomic E-state index is 0.453. The molecule has 1 aliphatic rings. The summed E-state index contributed by atoms with van der Waals surface area (Å²) in [6, 6.07) is 8.08. The van der Waals surface area contributed by atoms with E-state index in [0.29, 0.717) is 6.10 Å². The van der Waals surface area contributed by atoms with Crippen molar-refractivity contribution >= 4 is 5.69 Å². The zero-order valence-electron chi connectivity index (χ0n) is 7.92. The fourth-order valence-corrected chi connectivity index (χ4v) is 1.44. The number of benzene rings is 1. The molecule has 0 radical (unpaired) electrons. The molecule has 2 rings (SSSR count). The molecule has 0 atom stereocenters. The lowest BCUT2D eigenvalue weighted by Gasteiger charge is -2.27. The van der Waals surface area contributed by atoms with Crippen LogP contribution in [0.4, 0.5) is 5.69 Å². The summed E-state index contributed by atoms with van der Waals surface area (Å²) in [6.45, 7) is 0. The molecule has 0 aromatic heterocycles. The van der Waals surface area contributed by atoms with Crippen molar-refractivity contribution in [3.63, 3.8) is 0 Å². The Morgan fingerprint density at radius 1 is 1.31 bits per heavy atom. The van der Waals surface area contributed by atoms with Crippen molar-refractivity contribution in [1.82, 2.24) is 0 Å². The number of nitrogens with one attached hydrogen (secondary N) is 1. The van der Waals surface area contributed by atoms with Crippen LogP contribution in [0.25, 0.3) is 0 Å². The van der Waals surface area contributed by atoms with Crippen LogP contribution < -0.4 is 10.1 Å². The van der Waals surface area contributed by atoms with Crippen molar-refractivity contribution in [2.75, 3.05) is 12.4 Å². The third-order valence-corrected chi connectivity index (χ3v) is 2.50. The average Bonchev–Trinajstić information content (AvgIpc) is 2.12. The molecule has 0 heterocycles. The third kappa shape index (κ3) is 1.77. The van der Waals surface area contributed by atoms with Gasteiger partial charge < -0.3 is 10.1 Å². The summed E-state index contributed by atoms with van der Waals surface area (Å²) >= 11 is 0. The van der Waals surface area contributed by atoms with Crippen molar-refractivity contribution < 1.29 is 4.74 Å². The van der Waals surface area contributed by atoms with Gasteiger partial charge in [0.1, 0.15) is 5.75 Å². The first-order chi connectivity index (χ1) is 6.40. The van der Waals surface area contributed by atoms with Crippen LogP contribution in [0.3, 0.4) is 0 Å². The Balaban J connectivity index is 2.08. The molecule has 13 heavy (non-hydrogen) atoms. The smallest absolute Gasteiger partial charge is 0.142 e. The van der Waals surface area contributed by atoms with Crippen LogP contribution in [0.2, 0.25) is 0 Å². The molecule has 2 nitrogen and oxygen atoms in total. The van der Waals surface area contributed by atoms with Crippen LogP contribution >= 0.6 is 0 Å². The van der Waals surface area contributed by atoms with Crippen molar-refractivity contribution in [2.24, 2.45) is 0 Å². The Labute approximate surface area is 78.9 Å². The predicted octanol–water partition coefficient (Wildman–Crippen LogP) is 2.66. The summed E-state index contributed by atoms with van der Waals surface area (Å²) in [6.07, 6.45) is 4.18. The quantitative estimate of drug-likeness (QED) is 0.766. The molecule has 70 valence electrons. The van der Waals surface area contributed by atoms with E-state index in [1.54, 1.807) is 0 Å². The molecule has 0 saturated heterocycles. The maximum Gasteiger partial charge on any atom is 0.142 e. The molecule has 1 aliphatic carbocycles. The molecule has 0 bridgehead atoms. The highest BCUT2D eigenvalue weighted by atomic mass is 16.5. The standard InChI is InChI=1S/C11H15NO/c1-12-10-7-2-3-8-11(10)13-9-5-4-6-9/h2-3,7-9,12H,4-6H2,1H3. The van der Waals surface area contributed by atoms with E-state index in [4.69, 9.17) is 4.74 Å². The van der Waals surface area contributed by atoms with Gasteiger partial charge in [-0.15, -0.1) is 0 Å². The van der Waals surface area contributed by atoms with Gasteiger partial charge in [-0.25, -0.2) is 0 Å². The Morgan fingerprint density at radius 3 is 2.69 bits per heavy atom. The summed E-state index contributed by atoms with van der Waals surface area (Å²) in [7, 11) is 1.92. The summed E-state index contributed by atoms with van der Waals surface area (Å²) in [5.74, 6) is 0.981. The van der Waals surface area contributed by atoms with Gasteiger partial charge >= 0.3 is 0 Å². The molecule has 1 fully saturated rings. The van der Waals surface area contributed by atoms with Crippen LogP contribution in [-0.2, 0) is 0 Å². The fraction of sp³-hybridized carbons (Fsp3) is 0.455. The molecule has 1 aromatic rings. The Kier molecular flexibility index (Phi) is 2.39. The highest BCUT2D eigenvalue weighted by Gasteiger charge is 2.19. The van der Waals surface area contributed by atoms with E-state index in [1.807, 2.05) is 31.3 Å². The van der Waals surface area contributed by atoms with Gasteiger partial charge in [-0.2, -0.15) is 0 Å². The predicted molar refractivity (Wildman–Crippen MR) is 54.3 cm³/mol. The van der Waals surface area contributed by atoms with Gasteiger partial charge in [0.25, 0.3) is 0 Å². The molecule has 0 unspecified atom stereocenters. The third-order valence-electron chi connectivity index (χ3n) is 2.50. The van der Waals surface area contributed by atoms with E-state index in [1.165, 1.54) is 19.3 Å². The minimum absolute atomic E-state index is 0.453. The zero-order chi connectivity index (χ0) is 9.10. The van der Waals surface area contributed by atoms with Gasteiger partial charge in [0, 0.05) is 7.05 Å². The SMILES string of the molecule is CNc1ccccc1OC1CCC1. The lowest BCUT2D eigenvalue weighted by atomic mass is 9.96. The van der Waals surface area contributed by atoms with Gasteiger partial charge in [-0.1, -0.05) is 12.1 Å². The average molecular weight is 177 g/mol. The van der Waals surface area contributed by atoms with E-state index in [9.17, 15) is 0 Å². The number of rotatable bonds is 3. The topological polar surface area (TPSA) is 21.3 Å². The number of ether oxygens (including phenoxy) is 1. The Bertz CT molecular complexity index is 281. The maximum atomic E-state index is 5.81. The lowest BCUT2D eigenvalue weighted by molar-refractivity contribution is 0.121. The second kappa shape index (κ2) is 3.69. The first-order valence-electron chi connectivity index (χ1n) is 4.83. The Hall–Kier alpha value is -1.18. The molecule has 0 aliphatic heterocycles. The molecule has 1 aromatic carbocycles. The highest BCUT2D eigenvalue weighted by molar-refractivity contribution is 5.55. The normalized spacial score (nSPS) is 16.4. The van der Waals surface area contributed by atoms with Gasteiger partial charge in [0.05, 0.1) is 11.8 Å². The van der Waals surface area contributed by atoms with Crippen molar-refractivity contribution in [3.05, 3.63) is 24.3 Å². The van der Waals surface area contributed by atoms with Crippen molar-refractivity contribution in [1.29, 1.82) is 0 Å². The van der Waals surface area contributed by atoms with Gasteiger partial charge in [0.15, 0.2) is 0 Å². The summed E-state index contributed by atoms with van der Waals surface area (Å²) in [4.78, 5) is 0. The molecular weight excluding hydrogens is 162 g/mol. The lowest BCUT2D eigenvalue weighted by Crippen LogP contribution is -2.24. The van der Waals surface area contributed by atoms with Crippen LogP contribution in [0, 0.1) is 0 Å². The van der Waals surface area contributed by atoms with Crippen LogP contribution in [0.1, 0.15) is 19.3 Å². The Morgan fingerprint density at radius 2 is 2.08 bits per heavy atom. The summed E-state index contributed by atoms with van der Waals surface area (Å²) < 4.78 is 5.81. The molecular formula is C11H15NO. The number of anilines is 1. The summed E-state index contributed by atoms with van der Waals surface area (Å²) in [5.41, 5.74) is 1.08. The van der Waals surface area contributed by atoms with Crippen molar-refractivity contribution in [2.45, 2.75) is 25.4 Å². The zero-order valence-corrected chi connectivity index (χ0v) is 7.92. The number of para-hydroxylation sites is 2. The van der Waals surface area contributed by atoms with Gasteiger partial charge in [-0.3, -0.25) is 0 Å². The van der Waals surface area contributed by atoms with E-state index in [0.717, 1.165) is 11.4 Å². The molecule has 1 saturated carbocycles. The van der Waals surface area contributed by atoms with Gasteiger partial charge in [0.2, 0.25) is 0 Å². The molecule has 0 amide bonds. The minimum Gasteiger partial charge on any atom is -0.488 e. The van der Waals surface area contributed by atoms with E-state index >= 15 is 0 Å². The van der Waals surface area contributed by atoms with Crippen LogP contribution in [-0.4, -0.2) is 13.2 Å². The summed E-state index contributed by atoms with van der Waals surface area (Å²) in [5, 5.41) is 3.12.